The van der Waals surface area contributed by atoms with Gasteiger partial charge in [0, 0.05) is 25.4 Å². The Morgan fingerprint density at radius 1 is 1.42 bits per heavy atom. The minimum Gasteiger partial charge on any atom is -0.484 e. The molecular formula is C18H20N4O2. The van der Waals surface area contributed by atoms with Crippen LogP contribution in [0.2, 0.25) is 0 Å². The van der Waals surface area contributed by atoms with E-state index in [1.165, 1.54) is 0 Å². The Bertz CT molecular complexity index is 745. The first-order valence-corrected chi connectivity index (χ1v) is 8.04. The summed E-state index contributed by atoms with van der Waals surface area (Å²) in [6.45, 7) is 0.775. The molecule has 2 aromatic rings. The van der Waals surface area contributed by atoms with Crippen LogP contribution in [0.3, 0.4) is 0 Å². The zero-order valence-corrected chi connectivity index (χ0v) is 13.7. The lowest BCUT2D eigenvalue weighted by molar-refractivity contribution is -0.134. The van der Waals surface area contributed by atoms with E-state index in [0.29, 0.717) is 12.2 Å². The van der Waals surface area contributed by atoms with E-state index in [1.807, 2.05) is 36.5 Å². The average Bonchev–Trinajstić information content (AvgIpc) is 3.23. The van der Waals surface area contributed by atoms with E-state index in [1.54, 1.807) is 16.8 Å². The lowest BCUT2D eigenvalue weighted by atomic mass is 10.1. The largest absolute Gasteiger partial charge is 0.484 e. The Morgan fingerprint density at radius 2 is 2.21 bits per heavy atom. The predicted octanol–water partition coefficient (Wildman–Crippen LogP) is 2.23. The molecule has 6 heteroatoms. The van der Waals surface area contributed by atoms with Crippen molar-refractivity contribution < 1.29 is 9.53 Å². The second-order valence-electron chi connectivity index (χ2n) is 5.96. The molecule has 1 amide bonds. The van der Waals surface area contributed by atoms with Gasteiger partial charge < -0.3 is 9.64 Å². The molecule has 24 heavy (non-hydrogen) atoms. The number of carbonyl (C=O) groups excluding carboxylic acids is 1. The van der Waals surface area contributed by atoms with Crippen LogP contribution in [0.15, 0.2) is 36.7 Å². The van der Waals surface area contributed by atoms with Crippen molar-refractivity contribution in [3.63, 3.8) is 0 Å². The Morgan fingerprint density at radius 3 is 2.88 bits per heavy atom. The molecule has 0 saturated carbocycles. The van der Waals surface area contributed by atoms with Gasteiger partial charge in [-0.3, -0.25) is 9.48 Å². The van der Waals surface area contributed by atoms with Crippen molar-refractivity contribution in [3.05, 3.63) is 47.8 Å². The molecule has 0 spiro atoms. The maximum absolute atomic E-state index is 12.5. The summed E-state index contributed by atoms with van der Waals surface area (Å²) in [5, 5.41) is 12.9. The SMILES string of the molecule is Cn1cc([C@@H]2CCCN2C(=O)COc2ccc(CC#N)cc2)cn1. The summed E-state index contributed by atoms with van der Waals surface area (Å²) in [6, 6.07) is 9.47. The molecule has 0 radical (unpaired) electrons. The quantitative estimate of drug-likeness (QED) is 0.845. The zero-order valence-electron chi connectivity index (χ0n) is 13.7. The number of carbonyl (C=O) groups is 1. The molecule has 1 aromatic carbocycles. The van der Waals surface area contributed by atoms with Crippen LogP contribution in [0.5, 0.6) is 5.75 Å². The van der Waals surface area contributed by atoms with E-state index in [0.717, 1.165) is 30.5 Å². The third-order valence-electron chi connectivity index (χ3n) is 4.25. The third-order valence-corrected chi connectivity index (χ3v) is 4.25. The maximum Gasteiger partial charge on any atom is 0.261 e. The molecule has 0 aliphatic carbocycles. The molecule has 1 aliphatic heterocycles. The van der Waals surface area contributed by atoms with Crippen LogP contribution in [0, 0.1) is 11.3 Å². The highest BCUT2D eigenvalue weighted by Gasteiger charge is 2.30. The van der Waals surface area contributed by atoms with Gasteiger partial charge >= 0.3 is 0 Å². The number of likely N-dealkylation sites (tertiary alicyclic amines) is 1. The highest BCUT2D eigenvalue weighted by atomic mass is 16.5. The van der Waals surface area contributed by atoms with Gasteiger partial charge in [-0.15, -0.1) is 0 Å². The highest BCUT2D eigenvalue weighted by molar-refractivity contribution is 5.78. The van der Waals surface area contributed by atoms with Crippen LogP contribution >= 0.6 is 0 Å². The van der Waals surface area contributed by atoms with Crippen LogP contribution in [0.4, 0.5) is 0 Å². The lowest BCUT2D eigenvalue weighted by Gasteiger charge is -2.24. The molecule has 1 fully saturated rings. The molecule has 0 N–H and O–H groups in total. The van der Waals surface area contributed by atoms with E-state index in [9.17, 15) is 4.79 Å². The van der Waals surface area contributed by atoms with Gasteiger partial charge in [-0.05, 0) is 30.5 Å². The molecular weight excluding hydrogens is 304 g/mol. The van der Waals surface area contributed by atoms with Crippen LogP contribution in [0.25, 0.3) is 0 Å². The fraction of sp³-hybridized carbons (Fsp3) is 0.389. The molecule has 124 valence electrons. The van der Waals surface area contributed by atoms with Gasteiger partial charge in [0.05, 0.1) is 24.7 Å². The summed E-state index contributed by atoms with van der Waals surface area (Å²) in [6.07, 6.45) is 6.12. The topological polar surface area (TPSA) is 71.2 Å². The van der Waals surface area contributed by atoms with E-state index in [2.05, 4.69) is 11.2 Å². The molecule has 3 rings (SSSR count). The summed E-state index contributed by atoms with van der Waals surface area (Å²) in [4.78, 5) is 14.4. The first-order chi connectivity index (χ1) is 11.7. The number of nitriles is 1. The van der Waals surface area contributed by atoms with Crippen molar-refractivity contribution >= 4 is 5.91 Å². The molecule has 2 heterocycles. The molecule has 0 unspecified atom stereocenters. The molecule has 1 saturated heterocycles. The van der Waals surface area contributed by atoms with Crippen molar-refractivity contribution in [2.45, 2.75) is 25.3 Å². The fourth-order valence-corrected chi connectivity index (χ4v) is 3.05. The van der Waals surface area contributed by atoms with Crippen LogP contribution in [0.1, 0.15) is 30.0 Å². The summed E-state index contributed by atoms with van der Waals surface area (Å²) in [7, 11) is 1.88. The van der Waals surface area contributed by atoms with Crippen LogP contribution in [-0.2, 0) is 18.3 Å². The molecule has 1 aliphatic rings. The van der Waals surface area contributed by atoms with Crippen molar-refractivity contribution in [2.24, 2.45) is 7.05 Å². The normalized spacial score (nSPS) is 16.8. The van der Waals surface area contributed by atoms with Gasteiger partial charge in [0.1, 0.15) is 5.75 Å². The molecule has 0 bridgehead atoms. The van der Waals surface area contributed by atoms with Crippen LogP contribution < -0.4 is 4.74 Å². The van der Waals surface area contributed by atoms with Gasteiger partial charge in [0.25, 0.3) is 5.91 Å². The second-order valence-corrected chi connectivity index (χ2v) is 5.96. The number of nitrogens with zero attached hydrogens (tertiary/aromatic N) is 4. The smallest absolute Gasteiger partial charge is 0.261 e. The predicted molar refractivity (Wildman–Crippen MR) is 88.2 cm³/mol. The second kappa shape index (κ2) is 7.18. The summed E-state index contributed by atoms with van der Waals surface area (Å²) in [5.74, 6) is 0.629. The number of aryl methyl sites for hydroxylation is 1. The number of rotatable bonds is 5. The molecule has 1 aromatic heterocycles. The Balaban J connectivity index is 1.59. The molecule has 6 nitrogen and oxygen atoms in total. The standard InChI is InChI=1S/C18H20N4O2/c1-21-12-15(11-20-21)17-3-2-10-22(17)18(23)13-24-16-6-4-14(5-7-16)8-9-19/h4-7,11-12,17H,2-3,8,10,13H2,1H3/t17-/m0/s1. The molecule has 1 atom stereocenters. The Hall–Kier alpha value is -2.81. The van der Waals surface area contributed by atoms with Crippen molar-refractivity contribution in [1.29, 1.82) is 5.26 Å². The third kappa shape index (κ3) is 3.57. The van der Waals surface area contributed by atoms with E-state index < -0.39 is 0 Å². The van der Waals surface area contributed by atoms with E-state index in [4.69, 9.17) is 10.00 Å². The van der Waals surface area contributed by atoms with Crippen LogP contribution in [-0.4, -0.2) is 33.7 Å². The van der Waals surface area contributed by atoms with Gasteiger partial charge in [-0.1, -0.05) is 12.1 Å². The summed E-state index contributed by atoms with van der Waals surface area (Å²) < 4.78 is 7.37. The lowest BCUT2D eigenvalue weighted by Crippen LogP contribution is -2.34. The highest BCUT2D eigenvalue weighted by Crippen LogP contribution is 2.31. The fourth-order valence-electron chi connectivity index (χ4n) is 3.05. The minimum atomic E-state index is -0.0116. The number of benzene rings is 1. The number of aromatic nitrogens is 2. The van der Waals surface area contributed by atoms with Gasteiger partial charge in [-0.25, -0.2) is 0 Å². The average molecular weight is 324 g/mol. The zero-order chi connectivity index (χ0) is 16.9. The first-order valence-electron chi connectivity index (χ1n) is 8.04. The maximum atomic E-state index is 12.5. The first kappa shape index (κ1) is 16.1. The van der Waals surface area contributed by atoms with Gasteiger partial charge in [-0.2, -0.15) is 10.4 Å². The van der Waals surface area contributed by atoms with Gasteiger partial charge in [0.2, 0.25) is 0 Å². The van der Waals surface area contributed by atoms with Gasteiger partial charge in [0.15, 0.2) is 6.61 Å². The summed E-state index contributed by atoms with van der Waals surface area (Å²) >= 11 is 0. The number of hydrogen-bond donors (Lipinski definition) is 0. The summed E-state index contributed by atoms with van der Waals surface area (Å²) in [5.41, 5.74) is 2.01. The minimum absolute atomic E-state index is 0.0116. The number of ether oxygens (including phenoxy) is 1. The van der Waals surface area contributed by atoms with Crippen molar-refractivity contribution in [3.8, 4) is 11.8 Å². The van der Waals surface area contributed by atoms with E-state index in [-0.39, 0.29) is 18.6 Å². The number of hydrogen-bond acceptors (Lipinski definition) is 4. The van der Waals surface area contributed by atoms with Crippen molar-refractivity contribution in [1.82, 2.24) is 14.7 Å². The van der Waals surface area contributed by atoms with E-state index >= 15 is 0 Å². The monoisotopic (exact) mass is 324 g/mol. The Labute approximate surface area is 141 Å². The Kier molecular flexibility index (Phi) is 4.80. The number of amides is 1. The van der Waals surface area contributed by atoms with Crippen molar-refractivity contribution in [2.75, 3.05) is 13.2 Å².